The summed E-state index contributed by atoms with van der Waals surface area (Å²) in [5, 5.41) is 22.4. The number of fused-ring (bicyclic) bond motifs is 5. The molecular formula is C24H34O4. The Bertz CT molecular complexity index is 797. The minimum Gasteiger partial charge on any atom is -0.431 e. The highest BCUT2D eigenvalue weighted by Crippen LogP contribution is 2.70. The lowest BCUT2D eigenvalue weighted by Gasteiger charge is -2.63. The average molecular weight is 387 g/mol. The summed E-state index contributed by atoms with van der Waals surface area (Å²) >= 11 is 0. The van der Waals surface area contributed by atoms with E-state index >= 15 is 0 Å². The quantitative estimate of drug-likeness (QED) is 0.757. The SMILES string of the molecule is C[C@]12CC[C@H](O)C[C@@H]1CC[C@@H]1[C@@H]2CC[C@]2(C)[C@@H](c3ccc(=O)oc3)CC[C@]12O. The molecular weight excluding hydrogens is 352 g/mol. The van der Waals surface area contributed by atoms with Gasteiger partial charge < -0.3 is 14.6 Å². The van der Waals surface area contributed by atoms with E-state index in [-0.39, 0.29) is 28.5 Å². The maximum atomic E-state index is 12.2. The van der Waals surface area contributed by atoms with Gasteiger partial charge in [-0.05, 0) is 98.5 Å². The van der Waals surface area contributed by atoms with Crippen LogP contribution in [0.15, 0.2) is 27.6 Å². The van der Waals surface area contributed by atoms with Crippen LogP contribution in [0.25, 0.3) is 0 Å². The van der Waals surface area contributed by atoms with E-state index in [1.807, 2.05) is 6.07 Å². The van der Waals surface area contributed by atoms with Crippen molar-refractivity contribution in [3.8, 4) is 0 Å². The summed E-state index contributed by atoms with van der Waals surface area (Å²) in [5.41, 5.74) is 0.219. The van der Waals surface area contributed by atoms with Crippen LogP contribution in [0.4, 0.5) is 0 Å². The second-order valence-electron chi connectivity index (χ2n) is 10.8. The zero-order chi connectivity index (χ0) is 19.7. The van der Waals surface area contributed by atoms with Crippen LogP contribution in [0.1, 0.15) is 83.1 Å². The Morgan fingerprint density at radius 1 is 1.00 bits per heavy atom. The molecule has 0 spiro atoms. The highest BCUT2D eigenvalue weighted by molar-refractivity contribution is 5.27. The van der Waals surface area contributed by atoms with Gasteiger partial charge in [-0.25, -0.2) is 4.79 Å². The molecule has 4 saturated carbocycles. The van der Waals surface area contributed by atoms with Crippen LogP contribution in [0.2, 0.25) is 0 Å². The summed E-state index contributed by atoms with van der Waals surface area (Å²) in [4.78, 5) is 11.4. The molecule has 4 heteroatoms. The molecule has 0 aromatic carbocycles. The van der Waals surface area contributed by atoms with Crippen LogP contribution in [-0.2, 0) is 0 Å². The lowest BCUT2D eigenvalue weighted by atomic mass is 9.43. The van der Waals surface area contributed by atoms with Crippen molar-refractivity contribution >= 4 is 0 Å². The Kier molecular flexibility index (Phi) is 4.17. The summed E-state index contributed by atoms with van der Waals surface area (Å²) in [7, 11) is 0. The highest BCUT2D eigenvalue weighted by atomic mass is 16.4. The van der Waals surface area contributed by atoms with Crippen LogP contribution in [0.5, 0.6) is 0 Å². The normalized spacial score (nSPS) is 50.5. The summed E-state index contributed by atoms with van der Waals surface area (Å²) in [6, 6.07) is 3.42. The van der Waals surface area contributed by atoms with Gasteiger partial charge in [-0.15, -0.1) is 0 Å². The van der Waals surface area contributed by atoms with E-state index in [0.717, 1.165) is 56.9 Å². The predicted molar refractivity (Wildman–Crippen MR) is 107 cm³/mol. The van der Waals surface area contributed by atoms with Gasteiger partial charge in [0.15, 0.2) is 0 Å². The van der Waals surface area contributed by atoms with E-state index in [2.05, 4.69) is 13.8 Å². The maximum Gasteiger partial charge on any atom is 0.335 e. The maximum absolute atomic E-state index is 12.2. The van der Waals surface area contributed by atoms with Crippen LogP contribution in [0, 0.1) is 28.6 Å². The summed E-state index contributed by atoms with van der Waals surface area (Å²) in [6.45, 7) is 4.73. The monoisotopic (exact) mass is 386 g/mol. The van der Waals surface area contributed by atoms with E-state index < -0.39 is 5.60 Å². The third-order valence-electron chi connectivity index (χ3n) is 9.95. The Labute approximate surface area is 167 Å². The Balaban J connectivity index is 1.48. The van der Waals surface area contributed by atoms with E-state index in [0.29, 0.717) is 17.8 Å². The molecule has 1 heterocycles. The first kappa shape index (κ1) is 18.9. The molecule has 0 amide bonds. The zero-order valence-corrected chi connectivity index (χ0v) is 17.2. The van der Waals surface area contributed by atoms with Crippen LogP contribution < -0.4 is 5.63 Å². The van der Waals surface area contributed by atoms with Crippen molar-refractivity contribution in [3.63, 3.8) is 0 Å². The Morgan fingerprint density at radius 2 is 1.82 bits per heavy atom. The minimum atomic E-state index is -0.638. The van der Waals surface area contributed by atoms with Gasteiger partial charge in [0.2, 0.25) is 0 Å². The fraction of sp³-hybridized carbons (Fsp3) is 0.792. The molecule has 0 saturated heterocycles. The van der Waals surface area contributed by atoms with E-state index in [4.69, 9.17) is 4.42 Å². The molecule has 4 nitrogen and oxygen atoms in total. The molecule has 1 aromatic heterocycles. The molecule has 2 N–H and O–H groups in total. The summed E-state index contributed by atoms with van der Waals surface area (Å²) in [5.74, 6) is 1.76. The highest BCUT2D eigenvalue weighted by Gasteiger charge is 2.67. The Morgan fingerprint density at radius 3 is 2.57 bits per heavy atom. The molecule has 5 rings (SSSR count). The fourth-order valence-corrected chi connectivity index (χ4v) is 8.30. The van der Waals surface area contributed by atoms with E-state index in [1.165, 1.54) is 12.5 Å². The van der Waals surface area contributed by atoms with Gasteiger partial charge in [0.25, 0.3) is 0 Å². The number of aliphatic hydroxyl groups excluding tert-OH is 1. The number of hydrogen-bond donors (Lipinski definition) is 2. The topological polar surface area (TPSA) is 70.7 Å². The van der Waals surface area contributed by atoms with Crippen molar-refractivity contribution in [3.05, 3.63) is 34.4 Å². The number of aliphatic hydroxyl groups is 2. The predicted octanol–water partition coefficient (Wildman–Crippen LogP) is 4.24. The minimum absolute atomic E-state index is 0.129. The lowest BCUT2D eigenvalue weighted by molar-refractivity contribution is -0.205. The molecule has 8 atom stereocenters. The van der Waals surface area contributed by atoms with E-state index in [9.17, 15) is 15.0 Å². The third-order valence-corrected chi connectivity index (χ3v) is 9.95. The smallest absolute Gasteiger partial charge is 0.335 e. The standard InChI is InChI=1S/C24H34O4/c1-22-10-7-17(25)13-16(22)4-5-20-19(22)8-11-23(2)18(9-12-24(20,23)27)15-3-6-21(26)28-14-15/h3,6,14,16-20,25,27H,4-5,7-13H2,1-2H3/t16-,17-,18+,19-,20+,22-,23+,24-/m0/s1. The van der Waals surface area contributed by atoms with Gasteiger partial charge in [0, 0.05) is 11.5 Å². The molecule has 28 heavy (non-hydrogen) atoms. The van der Waals surface area contributed by atoms with Crippen molar-refractivity contribution < 1.29 is 14.6 Å². The average Bonchev–Trinajstić information content (AvgIpc) is 2.95. The number of hydrogen-bond acceptors (Lipinski definition) is 4. The Hall–Kier alpha value is -1.13. The summed E-state index contributed by atoms with van der Waals surface area (Å²) < 4.78 is 5.17. The molecule has 0 unspecified atom stereocenters. The molecule has 0 bridgehead atoms. The second kappa shape index (κ2) is 6.18. The largest absolute Gasteiger partial charge is 0.431 e. The third kappa shape index (κ3) is 2.40. The van der Waals surface area contributed by atoms with Crippen molar-refractivity contribution in [2.24, 2.45) is 28.6 Å². The van der Waals surface area contributed by atoms with Gasteiger partial charge in [-0.1, -0.05) is 13.8 Å². The zero-order valence-electron chi connectivity index (χ0n) is 17.2. The molecule has 0 radical (unpaired) electrons. The van der Waals surface area contributed by atoms with Crippen LogP contribution in [-0.4, -0.2) is 21.9 Å². The van der Waals surface area contributed by atoms with Crippen molar-refractivity contribution in [2.75, 3.05) is 0 Å². The van der Waals surface area contributed by atoms with Crippen molar-refractivity contribution in [1.82, 2.24) is 0 Å². The van der Waals surface area contributed by atoms with Gasteiger partial charge in [0.1, 0.15) is 0 Å². The lowest BCUT2D eigenvalue weighted by Crippen LogP contribution is -2.62. The number of rotatable bonds is 1. The first-order chi connectivity index (χ1) is 13.3. The van der Waals surface area contributed by atoms with Gasteiger partial charge in [-0.2, -0.15) is 0 Å². The van der Waals surface area contributed by atoms with E-state index in [1.54, 1.807) is 6.26 Å². The van der Waals surface area contributed by atoms with Gasteiger partial charge in [0.05, 0.1) is 18.0 Å². The van der Waals surface area contributed by atoms with Crippen LogP contribution in [0.3, 0.4) is 0 Å². The first-order valence-electron chi connectivity index (χ1n) is 11.3. The molecule has 4 aliphatic rings. The van der Waals surface area contributed by atoms with Gasteiger partial charge in [-0.3, -0.25) is 0 Å². The molecule has 4 aliphatic carbocycles. The van der Waals surface area contributed by atoms with Gasteiger partial charge >= 0.3 is 5.63 Å². The molecule has 4 fully saturated rings. The second-order valence-corrected chi connectivity index (χ2v) is 10.8. The van der Waals surface area contributed by atoms with Crippen molar-refractivity contribution in [1.29, 1.82) is 0 Å². The van der Waals surface area contributed by atoms with Crippen molar-refractivity contribution in [2.45, 2.75) is 89.3 Å². The first-order valence-corrected chi connectivity index (χ1v) is 11.3. The molecule has 1 aromatic rings. The summed E-state index contributed by atoms with van der Waals surface area (Å²) in [6.07, 6.45) is 10.7. The van der Waals surface area contributed by atoms with Crippen LogP contribution >= 0.6 is 0 Å². The molecule has 154 valence electrons. The molecule has 0 aliphatic heterocycles. The fourth-order valence-electron chi connectivity index (χ4n) is 8.30.